The molecule has 1 aliphatic rings. The van der Waals surface area contributed by atoms with Crippen molar-refractivity contribution in [3.63, 3.8) is 0 Å². The number of benzene rings is 1. The van der Waals surface area contributed by atoms with E-state index < -0.39 is 0 Å². The standard InChI is InChI=1S/C13H18N4O2/c1-19-15-11-14-13(18)17-9-7-16(8-10-17)12-5-3-2-4-6-12/h2-6,11H,7-10H2,1H3,(H,14,15,18). The van der Waals surface area contributed by atoms with Gasteiger partial charge in [0.1, 0.15) is 13.4 Å². The molecule has 1 aromatic rings. The highest BCUT2D eigenvalue weighted by atomic mass is 16.6. The lowest BCUT2D eigenvalue weighted by Gasteiger charge is -2.35. The number of anilines is 1. The summed E-state index contributed by atoms with van der Waals surface area (Å²) in [7, 11) is 1.43. The summed E-state index contributed by atoms with van der Waals surface area (Å²) in [5, 5.41) is 6.03. The van der Waals surface area contributed by atoms with Gasteiger partial charge in [-0.1, -0.05) is 23.4 Å². The summed E-state index contributed by atoms with van der Waals surface area (Å²) in [5.74, 6) is 0. The molecule has 0 radical (unpaired) electrons. The summed E-state index contributed by atoms with van der Waals surface area (Å²) in [6.45, 7) is 3.06. The molecule has 0 aromatic heterocycles. The maximum Gasteiger partial charge on any atom is 0.322 e. The van der Waals surface area contributed by atoms with Crippen LogP contribution < -0.4 is 10.2 Å². The highest BCUT2D eigenvalue weighted by Gasteiger charge is 2.20. The molecular weight excluding hydrogens is 244 g/mol. The number of hydrogen-bond acceptors (Lipinski definition) is 4. The average Bonchev–Trinajstić information content (AvgIpc) is 2.48. The van der Waals surface area contributed by atoms with Gasteiger partial charge >= 0.3 is 6.03 Å². The quantitative estimate of drug-likeness (QED) is 0.504. The van der Waals surface area contributed by atoms with Gasteiger partial charge in [0.2, 0.25) is 0 Å². The van der Waals surface area contributed by atoms with Gasteiger partial charge in [-0.05, 0) is 12.1 Å². The van der Waals surface area contributed by atoms with Crippen molar-refractivity contribution in [3.8, 4) is 0 Å². The van der Waals surface area contributed by atoms with E-state index in [1.807, 2.05) is 18.2 Å². The van der Waals surface area contributed by atoms with Crippen molar-refractivity contribution in [2.75, 3.05) is 38.2 Å². The molecular formula is C13H18N4O2. The largest absolute Gasteiger partial charge is 0.398 e. The predicted molar refractivity (Wildman–Crippen MR) is 74.3 cm³/mol. The van der Waals surface area contributed by atoms with Crippen LogP contribution in [-0.4, -0.2) is 50.6 Å². The van der Waals surface area contributed by atoms with Crippen LogP contribution in [0, 0.1) is 0 Å². The van der Waals surface area contributed by atoms with Crippen LogP contribution in [0.1, 0.15) is 0 Å². The van der Waals surface area contributed by atoms with E-state index in [4.69, 9.17) is 0 Å². The highest BCUT2D eigenvalue weighted by Crippen LogP contribution is 2.15. The van der Waals surface area contributed by atoms with Crippen molar-refractivity contribution in [2.45, 2.75) is 0 Å². The first-order valence-electron chi connectivity index (χ1n) is 6.21. The first-order valence-corrected chi connectivity index (χ1v) is 6.21. The zero-order valence-corrected chi connectivity index (χ0v) is 11.0. The van der Waals surface area contributed by atoms with E-state index in [0.29, 0.717) is 13.1 Å². The Morgan fingerprint density at radius 2 is 1.95 bits per heavy atom. The van der Waals surface area contributed by atoms with Crippen molar-refractivity contribution in [1.82, 2.24) is 10.2 Å². The van der Waals surface area contributed by atoms with Gasteiger partial charge in [0.05, 0.1) is 0 Å². The number of carbonyl (C=O) groups excluding carboxylic acids is 1. The van der Waals surface area contributed by atoms with Crippen molar-refractivity contribution in [1.29, 1.82) is 0 Å². The average molecular weight is 262 g/mol. The molecule has 0 unspecified atom stereocenters. The fourth-order valence-electron chi connectivity index (χ4n) is 2.03. The second-order valence-corrected chi connectivity index (χ2v) is 4.18. The molecule has 6 nitrogen and oxygen atoms in total. The van der Waals surface area contributed by atoms with Gasteiger partial charge in [-0.3, -0.25) is 5.32 Å². The van der Waals surface area contributed by atoms with Crippen molar-refractivity contribution in [2.24, 2.45) is 5.16 Å². The molecule has 0 atom stereocenters. The first kappa shape index (κ1) is 13.2. The minimum atomic E-state index is -0.145. The van der Waals surface area contributed by atoms with Crippen LogP contribution in [0.25, 0.3) is 0 Å². The topological polar surface area (TPSA) is 57.2 Å². The molecule has 1 heterocycles. The summed E-state index contributed by atoms with van der Waals surface area (Å²) >= 11 is 0. The Balaban J connectivity index is 1.82. The van der Waals surface area contributed by atoms with E-state index in [2.05, 4.69) is 32.3 Å². The third-order valence-corrected chi connectivity index (χ3v) is 3.03. The SMILES string of the molecule is CON=CNC(=O)N1CCN(c2ccccc2)CC1. The van der Waals surface area contributed by atoms with E-state index in [1.165, 1.54) is 19.1 Å². The molecule has 0 bridgehead atoms. The molecule has 0 spiro atoms. The second kappa shape index (κ2) is 6.63. The van der Waals surface area contributed by atoms with Crippen LogP contribution in [0.15, 0.2) is 35.5 Å². The van der Waals surface area contributed by atoms with E-state index in [9.17, 15) is 4.79 Å². The minimum absolute atomic E-state index is 0.145. The van der Waals surface area contributed by atoms with E-state index in [1.54, 1.807) is 4.90 Å². The number of piperazine rings is 1. The Hall–Kier alpha value is -2.24. The third kappa shape index (κ3) is 3.61. The lowest BCUT2D eigenvalue weighted by Crippen LogP contribution is -2.51. The zero-order valence-electron chi connectivity index (χ0n) is 11.0. The number of hydrogen-bond donors (Lipinski definition) is 1. The fourth-order valence-corrected chi connectivity index (χ4v) is 2.03. The molecule has 1 saturated heterocycles. The highest BCUT2D eigenvalue weighted by molar-refractivity contribution is 5.86. The van der Waals surface area contributed by atoms with E-state index in [-0.39, 0.29) is 6.03 Å². The van der Waals surface area contributed by atoms with Gasteiger partial charge in [0.15, 0.2) is 0 Å². The molecule has 1 aromatic carbocycles. The molecule has 1 aliphatic heterocycles. The van der Waals surface area contributed by atoms with Crippen molar-refractivity contribution < 1.29 is 9.63 Å². The lowest BCUT2D eigenvalue weighted by atomic mass is 10.2. The number of nitrogens with zero attached hydrogens (tertiary/aromatic N) is 3. The number of rotatable bonds is 3. The predicted octanol–water partition coefficient (Wildman–Crippen LogP) is 1.11. The van der Waals surface area contributed by atoms with Crippen LogP contribution in [0.3, 0.4) is 0 Å². The Labute approximate surface area is 112 Å². The number of amides is 2. The maximum atomic E-state index is 11.8. The van der Waals surface area contributed by atoms with Gasteiger partial charge in [0, 0.05) is 31.9 Å². The molecule has 6 heteroatoms. The fraction of sp³-hybridized carbons (Fsp3) is 0.385. The van der Waals surface area contributed by atoms with Crippen LogP contribution in [-0.2, 0) is 4.84 Å². The maximum absolute atomic E-state index is 11.8. The third-order valence-electron chi connectivity index (χ3n) is 3.03. The molecule has 0 aliphatic carbocycles. The van der Waals surface area contributed by atoms with E-state index in [0.717, 1.165) is 13.1 Å². The minimum Gasteiger partial charge on any atom is -0.398 e. The van der Waals surface area contributed by atoms with Gasteiger partial charge < -0.3 is 14.6 Å². The molecule has 102 valence electrons. The van der Waals surface area contributed by atoms with Crippen LogP contribution in [0.5, 0.6) is 0 Å². The summed E-state index contributed by atoms with van der Waals surface area (Å²) in [6, 6.07) is 10.1. The molecule has 0 saturated carbocycles. The van der Waals surface area contributed by atoms with Gasteiger partial charge in [-0.15, -0.1) is 0 Å². The first-order chi connectivity index (χ1) is 9.31. The normalized spacial score (nSPS) is 15.6. The number of para-hydroxylation sites is 1. The Bertz CT molecular complexity index is 428. The van der Waals surface area contributed by atoms with E-state index >= 15 is 0 Å². The number of urea groups is 1. The molecule has 2 rings (SSSR count). The van der Waals surface area contributed by atoms with Crippen LogP contribution in [0.2, 0.25) is 0 Å². The monoisotopic (exact) mass is 262 g/mol. The second-order valence-electron chi connectivity index (χ2n) is 4.18. The number of carbonyl (C=O) groups is 1. The van der Waals surface area contributed by atoms with Gasteiger partial charge in [-0.2, -0.15) is 0 Å². The summed E-state index contributed by atoms with van der Waals surface area (Å²) < 4.78 is 0. The zero-order chi connectivity index (χ0) is 13.5. The van der Waals surface area contributed by atoms with Crippen molar-refractivity contribution >= 4 is 18.1 Å². The summed E-state index contributed by atoms with van der Waals surface area (Å²) in [5.41, 5.74) is 1.20. The van der Waals surface area contributed by atoms with Crippen molar-refractivity contribution in [3.05, 3.63) is 30.3 Å². The van der Waals surface area contributed by atoms with Crippen LogP contribution in [0.4, 0.5) is 10.5 Å². The summed E-state index contributed by atoms with van der Waals surface area (Å²) in [6.07, 6.45) is 1.26. The Morgan fingerprint density at radius 3 is 2.58 bits per heavy atom. The van der Waals surface area contributed by atoms with Gasteiger partial charge in [0.25, 0.3) is 0 Å². The Morgan fingerprint density at radius 1 is 1.26 bits per heavy atom. The molecule has 1 N–H and O–H groups in total. The van der Waals surface area contributed by atoms with Gasteiger partial charge in [-0.25, -0.2) is 4.79 Å². The summed E-state index contributed by atoms with van der Waals surface area (Å²) in [4.78, 5) is 20.3. The molecule has 1 fully saturated rings. The molecule has 19 heavy (non-hydrogen) atoms. The van der Waals surface area contributed by atoms with Crippen LogP contribution >= 0.6 is 0 Å². The lowest BCUT2D eigenvalue weighted by molar-refractivity contribution is 0.196. The number of oxime groups is 1. The molecule has 2 amide bonds. The number of nitrogens with one attached hydrogen (secondary N) is 1. The smallest absolute Gasteiger partial charge is 0.322 e. The Kier molecular flexibility index (Phi) is 4.60.